The van der Waals surface area contributed by atoms with Crippen LogP contribution in [0.5, 0.6) is 0 Å². The average Bonchev–Trinajstić information content (AvgIpc) is 2.92. The van der Waals surface area contributed by atoms with E-state index in [0.717, 1.165) is 13.2 Å². The summed E-state index contributed by atoms with van der Waals surface area (Å²) in [5, 5.41) is 3.79. The van der Waals surface area contributed by atoms with Crippen molar-refractivity contribution in [3.8, 4) is 0 Å². The van der Waals surface area contributed by atoms with Gasteiger partial charge in [0.25, 0.3) is 0 Å². The van der Waals surface area contributed by atoms with Crippen molar-refractivity contribution in [1.29, 1.82) is 0 Å². The summed E-state index contributed by atoms with van der Waals surface area (Å²) in [6.07, 6.45) is 8.05. The standard InChI is InChI=1S/C16H32N2O2/c1-3-6-15-13-18(9-10-20-12-11-19-2)16(14-17-15)7-4-5-8-16/h15,17H,3-14H2,1-2H3. The molecule has 4 heteroatoms. The van der Waals surface area contributed by atoms with Gasteiger partial charge in [-0.3, -0.25) is 4.90 Å². The lowest BCUT2D eigenvalue weighted by Gasteiger charge is -2.48. The summed E-state index contributed by atoms with van der Waals surface area (Å²) in [7, 11) is 1.72. The minimum atomic E-state index is 0.425. The van der Waals surface area contributed by atoms with Gasteiger partial charge < -0.3 is 14.8 Å². The topological polar surface area (TPSA) is 33.7 Å². The minimum Gasteiger partial charge on any atom is -0.382 e. The van der Waals surface area contributed by atoms with Crippen molar-refractivity contribution in [2.24, 2.45) is 0 Å². The van der Waals surface area contributed by atoms with E-state index in [1.807, 2.05) is 0 Å². The summed E-state index contributed by atoms with van der Waals surface area (Å²) >= 11 is 0. The van der Waals surface area contributed by atoms with Gasteiger partial charge in [0.15, 0.2) is 0 Å². The third kappa shape index (κ3) is 4.17. The minimum absolute atomic E-state index is 0.425. The Hall–Kier alpha value is -0.160. The van der Waals surface area contributed by atoms with Crippen LogP contribution in [0.25, 0.3) is 0 Å². The van der Waals surface area contributed by atoms with E-state index >= 15 is 0 Å². The Morgan fingerprint density at radius 1 is 1.20 bits per heavy atom. The summed E-state index contributed by atoms with van der Waals surface area (Å²) in [5.41, 5.74) is 0.425. The average molecular weight is 284 g/mol. The zero-order valence-corrected chi connectivity index (χ0v) is 13.3. The maximum absolute atomic E-state index is 5.69. The van der Waals surface area contributed by atoms with Crippen LogP contribution < -0.4 is 5.32 Å². The van der Waals surface area contributed by atoms with Crippen LogP contribution in [0.15, 0.2) is 0 Å². The van der Waals surface area contributed by atoms with Crippen LogP contribution in [0.2, 0.25) is 0 Å². The number of hydrogen-bond acceptors (Lipinski definition) is 4. The highest BCUT2D eigenvalue weighted by atomic mass is 16.5. The van der Waals surface area contributed by atoms with Crippen LogP contribution in [0.3, 0.4) is 0 Å². The molecule has 1 saturated heterocycles. The predicted molar refractivity (Wildman–Crippen MR) is 82.2 cm³/mol. The van der Waals surface area contributed by atoms with Crippen LogP contribution in [0.4, 0.5) is 0 Å². The van der Waals surface area contributed by atoms with Crippen molar-refractivity contribution < 1.29 is 9.47 Å². The molecule has 0 radical (unpaired) electrons. The number of methoxy groups -OCH3 is 1. The largest absolute Gasteiger partial charge is 0.382 e. The lowest BCUT2D eigenvalue weighted by Crippen LogP contribution is -2.64. The summed E-state index contributed by atoms with van der Waals surface area (Å²) in [6, 6.07) is 0.671. The maximum atomic E-state index is 5.69. The number of nitrogens with zero attached hydrogens (tertiary/aromatic N) is 1. The van der Waals surface area contributed by atoms with Gasteiger partial charge in [-0.15, -0.1) is 0 Å². The second-order valence-corrected chi connectivity index (χ2v) is 6.35. The molecule has 0 bridgehead atoms. The van der Waals surface area contributed by atoms with Gasteiger partial charge in [0, 0.05) is 38.3 Å². The Balaban J connectivity index is 1.82. The van der Waals surface area contributed by atoms with Gasteiger partial charge in [-0.1, -0.05) is 26.2 Å². The van der Waals surface area contributed by atoms with E-state index in [2.05, 4.69) is 17.1 Å². The molecule has 20 heavy (non-hydrogen) atoms. The van der Waals surface area contributed by atoms with Crippen LogP contribution in [-0.4, -0.2) is 63.0 Å². The molecule has 118 valence electrons. The fourth-order valence-electron chi connectivity index (χ4n) is 3.79. The van der Waals surface area contributed by atoms with Gasteiger partial charge in [-0.2, -0.15) is 0 Å². The van der Waals surface area contributed by atoms with Gasteiger partial charge in [0.2, 0.25) is 0 Å². The van der Waals surface area contributed by atoms with Crippen LogP contribution in [0.1, 0.15) is 45.4 Å². The maximum Gasteiger partial charge on any atom is 0.0700 e. The molecule has 0 amide bonds. The van der Waals surface area contributed by atoms with Crippen molar-refractivity contribution >= 4 is 0 Å². The molecule has 1 aliphatic heterocycles. The number of nitrogens with one attached hydrogen (secondary N) is 1. The Morgan fingerprint density at radius 3 is 2.70 bits per heavy atom. The molecule has 0 aromatic rings. The first-order valence-electron chi connectivity index (χ1n) is 8.36. The van der Waals surface area contributed by atoms with E-state index < -0.39 is 0 Å². The van der Waals surface area contributed by atoms with Crippen molar-refractivity contribution in [3.63, 3.8) is 0 Å². The fraction of sp³-hybridized carbons (Fsp3) is 1.00. The molecular formula is C16H32N2O2. The molecule has 1 unspecified atom stereocenters. The Bertz CT molecular complexity index is 267. The molecule has 1 spiro atoms. The van der Waals surface area contributed by atoms with E-state index in [9.17, 15) is 0 Å². The Labute approximate surface area is 124 Å². The second kappa shape index (κ2) is 8.32. The zero-order valence-electron chi connectivity index (χ0n) is 13.3. The smallest absolute Gasteiger partial charge is 0.0700 e. The van der Waals surface area contributed by atoms with Crippen molar-refractivity contribution in [3.05, 3.63) is 0 Å². The van der Waals surface area contributed by atoms with Crippen LogP contribution >= 0.6 is 0 Å². The zero-order chi connectivity index (χ0) is 14.3. The van der Waals surface area contributed by atoms with E-state index in [1.165, 1.54) is 51.6 Å². The van der Waals surface area contributed by atoms with Gasteiger partial charge in [0.05, 0.1) is 19.8 Å². The number of ether oxygens (including phenoxy) is 2. The summed E-state index contributed by atoms with van der Waals surface area (Å²) < 4.78 is 10.7. The number of rotatable bonds is 8. The molecule has 1 N–H and O–H groups in total. The predicted octanol–water partition coefficient (Wildman–Crippen LogP) is 2.04. The summed E-state index contributed by atoms with van der Waals surface area (Å²) in [6.45, 7) is 7.98. The highest BCUT2D eigenvalue weighted by Crippen LogP contribution is 2.37. The second-order valence-electron chi connectivity index (χ2n) is 6.35. The molecule has 2 rings (SSSR count). The van der Waals surface area contributed by atoms with E-state index in [-0.39, 0.29) is 0 Å². The normalized spacial score (nSPS) is 26.4. The van der Waals surface area contributed by atoms with Crippen LogP contribution in [-0.2, 0) is 9.47 Å². The SMILES string of the molecule is CCCC1CN(CCOCCOC)C2(CCCC2)CN1. The van der Waals surface area contributed by atoms with E-state index in [1.54, 1.807) is 7.11 Å². The molecular weight excluding hydrogens is 252 g/mol. The molecule has 2 aliphatic rings. The first-order valence-corrected chi connectivity index (χ1v) is 8.36. The molecule has 1 aliphatic carbocycles. The molecule has 0 aromatic carbocycles. The summed E-state index contributed by atoms with van der Waals surface area (Å²) in [5.74, 6) is 0. The van der Waals surface area contributed by atoms with E-state index in [4.69, 9.17) is 9.47 Å². The van der Waals surface area contributed by atoms with Gasteiger partial charge in [0.1, 0.15) is 0 Å². The quantitative estimate of drug-likeness (QED) is 0.692. The fourth-order valence-corrected chi connectivity index (χ4v) is 3.79. The lowest BCUT2D eigenvalue weighted by atomic mass is 9.90. The van der Waals surface area contributed by atoms with Crippen molar-refractivity contribution in [1.82, 2.24) is 10.2 Å². The first-order chi connectivity index (χ1) is 9.80. The summed E-state index contributed by atoms with van der Waals surface area (Å²) in [4.78, 5) is 2.73. The highest BCUT2D eigenvalue weighted by molar-refractivity contribution is 5.01. The molecule has 1 heterocycles. The molecule has 4 nitrogen and oxygen atoms in total. The molecule has 2 fully saturated rings. The first kappa shape index (κ1) is 16.2. The Kier molecular flexibility index (Phi) is 6.75. The molecule has 1 saturated carbocycles. The Morgan fingerprint density at radius 2 is 2.00 bits per heavy atom. The van der Waals surface area contributed by atoms with Crippen LogP contribution in [0, 0.1) is 0 Å². The molecule has 1 atom stereocenters. The number of piperazine rings is 1. The van der Waals surface area contributed by atoms with Gasteiger partial charge in [-0.25, -0.2) is 0 Å². The number of hydrogen-bond donors (Lipinski definition) is 1. The third-order valence-corrected chi connectivity index (χ3v) is 4.94. The lowest BCUT2D eigenvalue weighted by molar-refractivity contribution is 0.00246. The van der Waals surface area contributed by atoms with Gasteiger partial charge in [-0.05, 0) is 19.3 Å². The van der Waals surface area contributed by atoms with Crippen molar-refractivity contribution in [2.75, 3.05) is 46.6 Å². The third-order valence-electron chi connectivity index (χ3n) is 4.94. The highest BCUT2D eigenvalue weighted by Gasteiger charge is 2.42. The van der Waals surface area contributed by atoms with E-state index in [0.29, 0.717) is 24.8 Å². The van der Waals surface area contributed by atoms with Gasteiger partial charge >= 0.3 is 0 Å². The monoisotopic (exact) mass is 284 g/mol. The molecule has 0 aromatic heterocycles. The van der Waals surface area contributed by atoms with Crippen molar-refractivity contribution in [2.45, 2.75) is 57.0 Å².